The Bertz CT molecular complexity index is 564. The van der Waals surface area contributed by atoms with Crippen LogP contribution in [0.25, 0.3) is 6.08 Å². The number of quaternary nitrogens is 1. The lowest BCUT2D eigenvalue weighted by molar-refractivity contribution is -0.928. The lowest BCUT2D eigenvalue weighted by atomic mass is 10.0. The molecule has 0 saturated carbocycles. The molecule has 1 saturated heterocycles. The number of amides is 1. The number of ether oxygens (including phenoxy) is 2. The Labute approximate surface area is 151 Å². The number of nitrogens with one attached hydrogen (secondary N) is 2. The first-order valence-corrected chi connectivity index (χ1v) is 9.16. The van der Waals surface area contributed by atoms with Gasteiger partial charge in [0.15, 0.2) is 0 Å². The first-order chi connectivity index (χ1) is 12.1. The second kappa shape index (κ2) is 10.1. The maximum atomic E-state index is 12.0. The van der Waals surface area contributed by atoms with Gasteiger partial charge in [0, 0.05) is 25.1 Å². The van der Waals surface area contributed by atoms with E-state index in [1.807, 2.05) is 12.1 Å². The number of benzene rings is 1. The number of rotatable bonds is 8. The normalized spacial score (nSPS) is 20.4. The molecule has 1 aliphatic heterocycles. The van der Waals surface area contributed by atoms with E-state index in [1.165, 1.54) is 25.8 Å². The average Bonchev–Trinajstić information content (AvgIpc) is 2.64. The van der Waals surface area contributed by atoms with E-state index in [2.05, 4.69) is 12.2 Å². The van der Waals surface area contributed by atoms with E-state index in [0.717, 1.165) is 31.1 Å². The predicted molar refractivity (Wildman–Crippen MR) is 100 cm³/mol. The Balaban J connectivity index is 1.75. The van der Waals surface area contributed by atoms with Crippen LogP contribution >= 0.6 is 0 Å². The third-order valence-electron chi connectivity index (χ3n) is 4.86. The van der Waals surface area contributed by atoms with Gasteiger partial charge in [-0.25, -0.2) is 0 Å². The zero-order valence-electron chi connectivity index (χ0n) is 15.6. The molecule has 1 unspecified atom stereocenters. The molecule has 2 atom stereocenters. The summed E-state index contributed by atoms with van der Waals surface area (Å²) < 4.78 is 10.5. The molecule has 0 aliphatic carbocycles. The Morgan fingerprint density at radius 2 is 1.96 bits per heavy atom. The fourth-order valence-corrected chi connectivity index (χ4v) is 3.31. The van der Waals surface area contributed by atoms with Crippen molar-refractivity contribution >= 4 is 12.0 Å². The van der Waals surface area contributed by atoms with Gasteiger partial charge in [-0.3, -0.25) is 4.79 Å². The molecule has 2 N–H and O–H groups in total. The minimum Gasteiger partial charge on any atom is -0.497 e. The van der Waals surface area contributed by atoms with Crippen molar-refractivity contribution in [1.29, 1.82) is 0 Å². The van der Waals surface area contributed by atoms with Crippen molar-refractivity contribution in [1.82, 2.24) is 5.32 Å². The molecule has 0 spiro atoms. The SMILES string of the molecule is COc1cc(/C=C/C(=O)NCCC[NH+]2CCCC[C@H]2C)cc(OC)c1. The zero-order valence-corrected chi connectivity index (χ0v) is 15.6. The molecular weight excluding hydrogens is 316 g/mol. The van der Waals surface area contributed by atoms with Crippen molar-refractivity contribution in [3.63, 3.8) is 0 Å². The average molecular weight is 347 g/mol. The lowest BCUT2D eigenvalue weighted by Crippen LogP contribution is -3.16. The summed E-state index contributed by atoms with van der Waals surface area (Å²) in [5, 5.41) is 2.96. The van der Waals surface area contributed by atoms with Crippen LogP contribution in [0.1, 0.15) is 38.2 Å². The lowest BCUT2D eigenvalue weighted by Gasteiger charge is -2.30. The number of hydrogen-bond donors (Lipinski definition) is 2. The molecule has 1 aromatic carbocycles. The van der Waals surface area contributed by atoms with Crippen LogP contribution in [0, 0.1) is 0 Å². The Hall–Kier alpha value is -2.01. The Morgan fingerprint density at radius 1 is 1.24 bits per heavy atom. The highest BCUT2D eigenvalue weighted by Crippen LogP contribution is 2.23. The van der Waals surface area contributed by atoms with Crippen LogP contribution < -0.4 is 19.7 Å². The smallest absolute Gasteiger partial charge is 0.244 e. The molecule has 25 heavy (non-hydrogen) atoms. The summed E-state index contributed by atoms with van der Waals surface area (Å²) in [6.45, 7) is 5.46. The second-order valence-corrected chi connectivity index (χ2v) is 6.68. The summed E-state index contributed by atoms with van der Waals surface area (Å²) in [5.41, 5.74) is 0.873. The number of piperidine rings is 1. The third kappa shape index (κ3) is 6.42. The summed E-state index contributed by atoms with van der Waals surface area (Å²) in [5.74, 6) is 1.35. The molecule has 5 nitrogen and oxygen atoms in total. The van der Waals surface area contributed by atoms with Crippen molar-refractivity contribution in [2.24, 2.45) is 0 Å². The van der Waals surface area contributed by atoms with E-state index in [4.69, 9.17) is 9.47 Å². The Kier molecular flexibility index (Phi) is 7.79. The molecule has 1 amide bonds. The van der Waals surface area contributed by atoms with Gasteiger partial charge in [-0.1, -0.05) is 0 Å². The van der Waals surface area contributed by atoms with Gasteiger partial charge in [-0.2, -0.15) is 0 Å². The standard InChI is InChI=1S/C20H30N2O3/c1-16-7-4-5-11-22(16)12-6-10-21-20(23)9-8-17-13-18(24-2)15-19(14-17)25-3/h8-9,13-16H,4-7,10-12H2,1-3H3,(H,21,23)/p+1/b9-8+/t16-/m1/s1. The number of carbonyl (C=O) groups is 1. The van der Waals surface area contributed by atoms with Gasteiger partial charge in [0.1, 0.15) is 11.5 Å². The maximum absolute atomic E-state index is 12.0. The van der Waals surface area contributed by atoms with Crippen LogP contribution in [-0.4, -0.2) is 45.8 Å². The third-order valence-corrected chi connectivity index (χ3v) is 4.86. The van der Waals surface area contributed by atoms with Crippen LogP contribution in [-0.2, 0) is 4.79 Å². The summed E-state index contributed by atoms with van der Waals surface area (Å²) in [4.78, 5) is 13.7. The van der Waals surface area contributed by atoms with Gasteiger partial charge in [0.2, 0.25) is 5.91 Å². The summed E-state index contributed by atoms with van der Waals surface area (Å²) in [6.07, 6.45) is 8.38. The molecule has 5 heteroatoms. The second-order valence-electron chi connectivity index (χ2n) is 6.68. The highest BCUT2D eigenvalue weighted by molar-refractivity contribution is 5.91. The van der Waals surface area contributed by atoms with Crippen LogP contribution in [0.4, 0.5) is 0 Å². The van der Waals surface area contributed by atoms with Gasteiger partial charge in [0.05, 0.1) is 33.4 Å². The van der Waals surface area contributed by atoms with E-state index in [9.17, 15) is 4.79 Å². The molecule has 1 aliphatic rings. The largest absolute Gasteiger partial charge is 0.497 e. The fourth-order valence-electron chi connectivity index (χ4n) is 3.31. The van der Waals surface area contributed by atoms with E-state index >= 15 is 0 Å². The zero-order chi connectivity index (χ0) is 18.1. The van der Waals surface area contributed by atoms with E-state index in [1.54, 1.807) is 37.3 Å². The van der Waals surface area contributed by atoms with Crippen LogP contribution in [0.15, 0.2) is 24.3 Å². The molecule has 1 fully saturated rings. The minimum atomic E-state index is -0.0662. The number of carbonyl (C=O) groups excluding carboxylic acids is 1. The minimum absolute atomic E-state index is 0.0662. The van der Waals surface area contributed by atoms with Crippen molar-refractivity contribution < 1.29 is 19.2 Å². The predicted octanol–water partition coefficient (Wildman–Crippen LogP) is 1.68. The first kappa shape index (κ1) is 19.3. The highest BCUT2D eigenvalue weighted by atomic mass is 16.5. The molecule has 1 heterocycles. The first-order valence-electron chi connectivity index (χ1n) is 9.16. The van der Waals surface area contributed by atoms with Crippen LogP contribution in [0.2, 0.25) is 0 Å². The molecule has 0 radical (unpaired) electrons. The van der Waals surface area contributed by atoms with Crippen molar-refractivity contribution in [2.45, 2.75) is 38.6 Å². The fraction of sp³-hybridized carbons (Fsp3) is 0.550. The quantitative estimate of drug-likeness (QED) is 0.556. The summed E-state index contributed by atoms with van der Waals surface area (Å²) >= 11 is 0. The Morgan fingerprint density at radius 3 is 2.60 bits per heavy atom. The van der Waals surface area contributed by atoms with E-state index in [-0.39, 0.29) is 5.91 Å². The van der Waals surface area contributed by atoms with Gasteiger partial charge in [-0.05, 0) is 50.0 Å². The van der Waals surface area contributed by atoms with Gasteiger partial charge in [0.25, 0.3) is 0 Å². The summed E-state index contributed by atoms with van der Waals surface area (Å²) in [6, 6.07) is 6.30. The topological polar surface area (TPSA) is 52.0 Å². The van der Waals surface area contributed by atoms with E-state index < -0.39 is 0 Å². The monoisotopic (exact) mass is 347 g/mol. The van der Waals surface area contributed by atoms with Gasteiger partial charge in [-0.15, -0.1) is 0 Å². The maximum Gasteiger partial charge on any atom is 0.244 e. The van der Waals surface area contributed by atoms with Crippen molar-refractivity contribution in [2.75, 3.05) is 33.9 Å². The number of methoxy groups -OCH3 is 2. The van der Waals surface area contributed by atoms with Crippen molar-refractivity contribution in [3.05, 3.63) is 29.8 Å². The van der Waals surface area contributed by atoms with Crippen LogP contribution in [0.5, 0.6) is 11.5 Å². The number of hydrogen-bond acceptors (Lipinski definition) is 3. The molecule has 0 bridgehead atoms. The molecular formula is C20H31N2O3+. The molecule has 2 rings (SSSR count). The molecule has 138 valence electrons. The van der Waals surface area contributed by atoms with Gasteiger partial charge >= 0.3 is 0 Å². The van der Waals surface area contributed by atoms with Crippen LogP contribution in [0.3, 0.4) is 0 Å². The van der Waals surface area contributed by atoms with Gasteiger partial charge < -0.3 is 19.7 Å². The number of likely N-dealkylation sites (tertiary alicyclic amines) is 1. The highest BCUT2D eigenvalue weighted by Gasteiger charge is 2.20. The van der Waals surface area contributed by atoms with Crippen molar-refractivity contribution in [3.8, 4) is 11.5 Å². The molecule has 1 aromatic rings. The summed E-state index contributed by atoms with van der Waals surface area (Å²) in [7, 11) is 3.22. The van der Waals surface area contributed by atoms with E-state index in [0.29, 0.717) is 11.5 Å². The molecule has 0 aromatic heterocycles.